The molecular formula is C15H20N2O3. The predicted molar refractivity (Wildman–Crippen MR) is 76.2 cm³/mol. The van der Waals surface area contributed by atoms with Crippen molar-refractivity contribution in [1.82, 2.24) is 10.5 Å². The van der Waals surface area contributed by atoms with Gasteiger partial charge in [-0.05, 0) is 39.8 Å². The Morgan fingerprint density at radius 2 is 1.95 bits per heavy atom. The van der Waals surface area contributed by atoms with E-state index in [9.17, 15) is 9.90 Å². The largest absolute Gasteiger partial charge is 0.388 e. The third-order valence-electron chi connectivity index (χ3n) is 3.76. The zero-order valence-corrected chi connectivity index (χ0v) is 12.2. The first-order valence-corrected chi connectivity index (χ1v) is 6.57. The van der Waals surface area contributed by atoms with Crippen LogP contribution in [0.25, 0.3) is 11.0 Å². The van der Waals surface area contributed by atoms with Gasteiger partial charge in [0.05, 0.1) is 17.6 Å². The van der Waals surface area contributed by atoms with Crippen molar-refractivity contribution in [2.24, 2.45) is 0 Å². The summed E-state index contributed by atoms with van der Waals surface area (Å²) < 4.78 is 5.17. The zero-order chi connectivity index (χ0) is 15.0. The number of aliphatic hydroxyl groups is 1. The first-order valence-electron chi connectivity index (χ1n) is 6.57. The molecule has 1 aromatic carbocycles. The fourth-order valence-corrected chi connectivity index (χ4v) is 1.76. The van der Waals surface area contributed by atoms with Gasteiger partial charge >= 0.3 is 0 Å². The molecule has 108 valence electrons. The molecule has 0 aliphatic heterocycles. The summed E-state index contributed by atoms with van der Waals surface area (Å²) in [6.07, 6.45) is 0.122. The van der Waals surface area contributed by atoms with Crippen molar-refractivity contribution in [1.29, 1.82) is 0 Å². The molecule has 0 radical (unpaired) electrons. The molecule has 5 heteroatoms. The summed E-state index contributed by atoms with van der Waals surface area (Å²) in [5, 5.41) is 17.6. The minimum absolute atomic E-state index is 0.122. The molecule has 0 unspecified atom stereocenters. The highest BCUT2D eigenvalue weighted by Crippen LogP contribution is 2.22. The lowest BCUT2D eigenvalue weighted by Crippen LogP contribution is -2.58. The number of carbonyl (C=O) groups is 1. The van der Waals surface area contributed by atoms with Crippen LogP contribution in [0.2, 0.25) is 0 Å². The molecule has 2 aromatic rings. The third-order valence-corrected chi connectivity index (χ3v) is 3.76. The van der Waals surface area contributed by atoms with Crippen LogP contribution in [0.3, 0.4) is 0 Å². The zero-order valence-electron chi connectivity index (χ0n) is 12.2. The first-order chi connectivity index (χ1) is 9.21. The fourth-order valence-electron chi connectivity index (χ4n) is 1.76. The van der Waals surface area contributed by atoms with E-state index in [1.165, 1.54) is 0 Å². The molecule has 1 aromatic heterocycles. The van der Waals surface area contributed by atoms with Gasteiger partial charge in [-0.3, -0.25) is 4.79 Å². The van der Waals surface area contributed by atoms with Crippen molar-refractivity contribution in [2.75, 3.05) is 0 Å². The molecule has 20 heavy (non-hydrogen) atoms. The highest BCUT2D eigenvalue weighted by molar-refractivity contribution is 5.86. The number of amides is 1. The van der Waals surface area contributed by atoms with Crippen molar-refractivity contribution >= 4 is 16.9 Å². The number of fused-ring (bicyclic) bond motifs is 1. The monoisotopic (exact) mass is 276 g/mol. The minimum Gasteiger partial charge on any atom is -0.388 e. The van der Waals surface area contributed by atoms with Crippen LogP contribution < -0.4 is 5.32 Å². The van der Waals surface area contributed by atoms with E-state index in [4.69, 9.17) is 4.52 Å². The van der Waals surface area contributed by atoms with Crippen LogP contribution in [-0.2, 0) is 11.2 Å². The summed E-state index contributed by atoms with van der Waals surface area (Å²) in [5.41, 5.74) is -0.486. The van der Waals surface area contributed by atoms with E-state index in [0.717, 1.165) is 5.39 Å². The molecule has 5 nitrogen and oxygen atoms in total. The lowest BCUT2D eigenvalue weighted by atomic mass is 9.86. The molecule has 2 N–H and O–H groups in total. The molecule has 0 bridgehead atoms. The lowest BCUT2D eigenvalue weighted by Gasteiger charge is -2.37. The van der Waals surface area contributed by atoms with Crippen LogP contribution in [0.5, 0.6) is 0 Å². The topological polar surface area (TPSA) is 75.4 Å². The van der Waals surface area contributed by atoms with Crippen molar-refractivity contribution in [3.8, 4) is 0 Å². The number of rotatable bonds is 4. The average Bonchev–Trinajstić information content (AvgIpc) is 2.70. The molecule has 0 spiro atoms. The van der Waals surface area contributed by atoms with Gasteiger partial charge in [-0.15, -0.1) is 0 Å². The standard InChI is InChI=1S/C15H20N2O3/c1-14(2,15(3,4)19)16-13(18)9-11-10-7-5-6-8-12(10)20-17-11/h5-8,19H,9H2,1-4H3,(H,16,18). The van der Waals surface area contributed by atoms with Gasteiger partial charge in [-0.1, -0.05) is 17.3 Å². The van der Waals surface area contributed by atoms with Gasteiger partial charge in [-0.25, -0.2) is 0 Å². The van der Waals surface area contributed by atoms with Crippen LogP contribution in [0.1, 0.15) is 33.4 Å². The molecule has 0 saturated heterocycles. The van der Waals surface area contributed by atoms with E-state index in [-0.39, 0.29) is 12.3 Å². The maximum atomic E-state index is 12.1. The van der Waals surface area contributed by atoms with E-state index < -0.39 is 11.1 Å². The maximum absolute atomic E-state index is 12.1. The number of para-hydroxylation sites is 1. The second-order valence-corrected chi connectivity index (χ2v) is 6.03. The molecule has 0 aliphatic carbocycles. The number of hydrogen-bond acceptors (Lipinski definition) is 4. The average molecular weight is 276 g/mol. The van der Waals surface area contributed by atoms with E-state index in [2.05, 4.69) is 10.5 Å². The summed E-state index contributed by atoms with van der Waals surface area (Å²) in [5.74, 6) is -0.198. The number of hydrogen-bond donors (Lipinski definition) is 2. The minimum atomic E-state index is -1.02. The van der Waals surface area contributed by atoms with Crippen molar-refractivity contribution in [3.63, 3.8) is 0 Å². The van der Waals surface area contributed by atoms with Crippen LogP contribution >= 0.6 is 0 Å². The summed E-state index contributed by atoms with van der Waals surface area (Å²) in [6.45, 7) is 6.90. The Hall–Kier alpha value is -1.88. The molecule has 0 saturated carbocycles. The number of aromatic nitrogens is 1. The van der Waals surface area contributed by atoms with Gasteiger partial charge in [0.25, 0.3) is 0 Å². The number of nitrogens with one attached hydrogen (secondary N) is 1. The van der Waals surface area contributed by atoms with Crippen molar-refractivity contribution < 1.29 is 14.4 Å². The molecule has 1 heterocycles. The predicted octanol–water partition coefficient (Wildman–Crippen LogP) is 2.04. The Morgan fingerprint density at radius 3 is 2.60 bits per heavy atom. The Labute approximate surface area is 118 Å². The lowest BCUT2D eigenvalue weighted by molar-refractivity contribution is -0.125. The Kier molecular flexibility index (Phi) is 3.56. The van der Waals surface area contributed by atoms with Gasteiger partial charge in [0.2, 0.25) is 5.91 Å². The first kappa shape index (κ1) is 14.5. The van der Waals surface area contributed by atoms with Crippen LogP contribution in [0, 0.1) is 0 Å². The van der Waals surface area contributed by atoms with E-state index in [1.54, 1.807) is 27.7 Å². The van der Waals surface area contributed by atoms with Gasteiger partial charge in [-0.2, -0.15) is 0 Å². The fraction of sp³-hybridized carbons (Fsp3) is 0.467. The Bertz CT molecular complexity index is 623. The van der Waals surface area contributed by atoms with E-state index in [0.29, 0.717) is 11.3 Å². The molecule has 0 fully saturated rings. The molecule has 0 aliphatic rings. The van der Waals surface area contributed by atoms with Crippen molar-refractivity contribution in [3.05, 3.63) is 30.0 Å². The SMILES string of the molecule is CC(C)(O)C(C)(C)NC(=O)Cc1noc2ccccc12. The summed E-state index contributed by atoms with van der Waals surface area (Å²) in [7, 11) is 0. The quantitative estimate of drug-likeness (QED) is 0.896. The normalized spacial score (nSPS) is 12.7. The number of nitrogens with zero attached hydrogens (tertiary/aromatic N) is 1. The van der Waals surface area contributed by atoms with Gasteiger partial charge in [0, 0.05) is 5.39 Å². The molecule has 1 amide bonds. The smallest absolute Gasteiger partial charge is 0.226 e. The maximum Gasteiger partial charge on any atom is 0.226 e. The summed E-state index contributed by atoms with van der Waals surface area (Å²) >= 11 is 0. The number of carbonyl (C=O) groups excluding carboxylic acids is 1. The van der Waals surface area contributed by atoms with E-state index >= 15 is 0 Å². The van der Waals surface area contributed by atoms with Gasteiger partial charge in [0.15, 0.2) is 5.58 Å². The summed E-state index contributed by atoms with van der Waals surface area (Å²) in [4.78, 5) is 12.1. The summed E-state index contributed by atoms with van der Waals surface area (Å²) in [6, 6.07) is 7.41. The van der Waals surface area contributed by atoms with Crippen molar-refractivity contribution in [2.45, 2.75) is 45.3 Å². The van der Waals surface area contributed by atoms with E-state index in [1.807, 2.05) is 24.3 Å². The van der Waals surface area contributed by atoms with Crippen LogP contribution in [0.15, 0.2) is 28.8 Å². The second kappa shape index (κ2) is 4.90. The number of benzene rings is 1. The van der Waals surface area contributed by atoms with Crippen LogP contribution in [-0.4, -0.2) is 27.3 Å². The van der Waals surface area contributed by atoms with Gasteiger partial charge < -0.3 is 14.9 Å². The van der Waals surface area contributed by atoms with Crippen LogP contribution in [0.4, 0.5) is 0 Å². The Balaban J connectivity index is 2.13. The highest BCUT2D eigenvalue weighted by atomic mass is 16.5. The molecule has 2 rings (SSSR count). The molecular weight excluding hydrogens is 256 g/mol. The second-order valence-electron chi connectivity index (χ2n) is 6.03. The molecule has 0 atom stereocenters. The third kappa shape index (κ3) is 2.82. The highest BCUT2D eigenvalue weighted by Gasteiger charge is 2.36. The Morgan fingerprint density at radius 1 is 1.30 bits per heavy atom. The van der Waals surface area contributed by atoms with Gasteiger partial charge in [0.1, 0.15) is 5.69 Å².